The summed E-state index contributed by atoms with van der Waals surface area (Å²) >= 11 is 0. The molecular formula is C13H22O2. The zero-order chi connectivity index (χ0) is 12.1. The molecule has 15 heavy (non-hydrogen) atoms. The molecule has 0 aromatic heterocycles. The van der Waals surface area contributed by atoms with Crippen molar-refractivity contribution >= 4 is 5.97 Å². The summed E-state index contributed by atoms with van der Waals surface area (Å²) in [7, 11) is 0. The Hall–Kier alpha value is -1.05. The molecule has 0 radical (unpaired) electrons. The van der Waals surface area contributed by atoms with Gasteiger partial charge in [0, 0.05) is 0 Å². The summed E-state index contributed by atoms with van der Waals surface area (Å²) in [5.41, 5.74) is 0.490. The number of hydrogen-bond acceptors (Lipinski definition) is 1. The van der Waals surface area contributed by atoms with Crippen molar-refractivity contribution in [3.05, 3.63) is 24.3 Å². The lowest BCUT2D eigenvalue weighted by molar-refractivity contribution is -0.132. The van der Waals surface area contributed by atoms with E-state index in [1.807, 2.05) is 6.08 Å². The first-order chi connectivity index (χ1) is 6.72. The minimum Gasteiger partial charge on any atom is -0.478 e. The number of carboxylic acid groups (broad SMARTS) is 1. The SMILES string of the molecule is C=C(C=CC(C)CCC(C)(C)C)C(=O)O. The molecule has 0 aliphatic heterocycles. The highest BCUT2D eigenvalue weighted by Gasteiger charge is 2.11. The third-order valence-corrected chi connectivity index (χ3v) is 2.25. The van der Waals surface area contributed by atoms with Crippen LogP contribution in [0, 0.1) is 11.3 Å². The average molecular weight is 210 g/mol. The van der Waals surface area contributed by atoms with Crippen LogP contribution < -0.4 is 0 Å². The zero-order valence-electron chi connectivity index (χ0n) is 10.2. The van der Waals surface area contributed by atoms with Crippen molar-refractivity contribution in [3.63, 3.8) is 0 Å². The zero-order valence-corrected chi connectivity index (χ0v) is 10.2. The molecule has 2 nitrogen and oxygen atoms in total. The molecule has 0 saturated heterocycles. The monoisotopic (exact) mass is 210 g/mol. The number of carboxylic acids is 1. The molecule has 0 bridgehead atoms. The summed E-state index contributed by atoms with van der Waals surface area (Å²) in [6.07, 6.45) is 5.73. The minimum absolute atomic E-state index is 0.151. The predicted molar refractivity (Wildman–Crippen MR) is 63.8 cm³/mol. The second-order valence-electron chi connectivity index (χ2n) is 5.27. The van der Waals surface area contributed by atoms with Gasteiger partial charge >= 0.3 is 5.97 Å². The average Bonchev–Trinajstić information content (AvgIpc) is 2.09. The molecule has 0 amide bonds. The summed E-state index contributed by atoms with van der Waals surface area (Å²) in [6, 6.07) is 0. The van der Waals surface area contributed by atoms with Crippen LogP contribution in [0.2, 0.25) is 0 Å². The number of hydrogen-bond donors (Lipinski definition) is 1. The Balaban J connectivity index is 3.99. The number of carbonyl (C=O) groups is 1. The Labute approximate surface area is 92.7 Å². The van der Waals surface area contributed by atoms with Gasteiger partial charge in [0.15, 0.2) is 0 Å². The third kappa shape index (κ3) is 7.98. The van der Waals surface area contributed by atoms with Crippen LogP contribution in [0.1, 0.15) is 40.5 Å². The Morgan fingerprint density at radius 2 is 2.00 bits per heavy atom. The molecular weight excluding hydrogens is 188 g/mol. The number of rotatable bonds is 5. The first-order valence-corrected chi connectivity index (χ1v) is 5.33. The van der Waals surface area contributed by atoms with Gasteiger partial charge < -0.3 is 5.11 Å². The van der Waals surface area contributed by atoms with E-state index in [1.54, 1.807) is 6.08 Å². The molecule has 0 aliphatic rings. The van der Waals surface area contributed by atoms with Crippen molar-refractivity contribution in [2.45, 2.75) is 40.5 Å². The van der Waals surface area contributed by atoms with Gasteiger partial charge in [0.2, 0.25) is 0 Å². The second-order valence-corrected chi connectivity index (χ2v) is 5.27. The van der Waals surface area contributed by atoms with Gasteiger partial charge in [-0.3, -0.25) is 0 Å². The lowest BCUT2D eigenvalue weighted by Crippen LogP contribution is -2.06. The fourth-order valence-electron chi connectivity index (χ4n) is 1.11. The van der Waals surface area contributed by atoms with Crippen molar-refractivity contribution in [2.24, 2.45) is 11.3 Å². The van der Waals surface area contributed by atoms with Crippen LogP contribution in [0.3, 0.4) is 0 Å². The first-order valence-electron chi connectivity index (χ1n) is 5.33. The number of allylic oxidation sites excluding steroid dienone is 1. The Bertz CT molecular complexity index is 256. The van der Waals surface area contributed by atoms with Crippen LogP contribution >= 0.6 is 0 Å². The highest BCUT2D eigenvalue weighted by Crippen LogP contribution is 2.24. The van der Waals surface area contributed by atoms with Crippen molar-refractivity contribution in [1.82, 2.24) is 0 Å². The molecule has 86 valence electrons. The lowest BCUT2D eigenvalue weighted by atomic mass is 9.87. The first kappa shape index (κ1) is 13.9. The van der Waals surface area contributed by atoms with Crippen molar-refractivity contribution < 1.29 is 9.90 Å². The smallest absolute Gasteiger partial charge is 0.335 e. The highest BCUT2D eigenvalue weighted by molar-refractivity contribution is 5.88. The third-order valence-electron chi connectivity index (χ3n) is 2.25. The quantitative estimate of drug-likeness (QED) is 0.555. The summed E-state index contributed by atoms with van der Waals surface area (Å²) in [5.74, 6) is -0.547. The minimum atomic E-state index is -0.950. The van der Waals surface area contributed by atoms with Crippen LogP contribution in [0.4, 0.5) is 0 Å². The highest BCUT2D eigenvalue weighted by atomic mass is 16.4. The van der Waals surface area contributed by atoms with E-state index in [9.17, 15) is 4.79 Å². The molecule has 0 heterocycles. The van der Waals surface area contributed by atoms with Gasteiger partial charge in [-0.05, 0) is 24.2 Å². The van der Waals surface area contributed by atoms with Gasteiger partial charge in [0.25, 0.3) is 0 Å². The molecule has 0 spiro atoms. The van der Waals surface area contributed by atoms with Gasteiger partial charge in [-0.2, -0.15) is 0 Å². The van der Waals surface area contributed by atoms with E-state index in [0.717, 1.165) is 12.8 Å². The normalized spacial score (nSPS) is 14.1. The Morgan fingerprint density at radius 3 is 2.40 bits per heavy atom. The second kappa shape index (κ2) is 5.74. The van der Waals surface area contributed by atoms with E-state index < -0.39 is 5.97 Å². The molecule has 1 atom stereocenters. The van der Waals surface area contributed by atoms with Gasteiger partial charge in [0.1, 0.15) is 0 Å². The van der Waals surface area contributed by atoms with Gasteiger partial charge in [0.05, 0.1) is 5.57 Å². The van der Waals surface area contributed by atoms with E-state index in [-0.39, 0.29) is 5.57 Å². The van der Waals surface area contributed by atoms with Crippen molar-refractivity contribution in [1.29, 1.82) is 0 Å². The van der Waals surface area contributed by atoms with Gasteiger partial charge in [-0.15, -0.1) is 0 Å². The largest absolute Gasteiger partial charge is 0.478 e. The topological polar surface area (TPSA) is 37.3 Å². The molecule has 0 aliphatic carbocycles. The summed E-state index contributed by atoms with van der Waals surface area (Å²) < 4.78 is 0. The van der Waals surface area contributed by atoms with Crippen molar-refractivity contribution in [3.8, 4) is 0 Å². The van der Waals surface area contributed by atoms with E-state index in [1.165, 1.54) is 0 Å². The maximum absolute atomic E-state index is 10.5. The maximum Gasteiger partial charge on any atom is 0.335 e. The molecule has 1 unspecified atom stereocenters. The molecule has 0 fully saturated rings. The molecule has 1 N–H and O–H groups in total. The van der Waals surface area contributed by atoms with Crippen LogP contribution in [-0.4, -0.2) is 11.1 Å². The lowest BCUT2D eigenvalue weighted by Gasteiger charge is -2.19. The fourth-order valence-corrected chi connectivity index (χ4v) is 1.11. The number of aliphatic carboxylic acids is 1. The Morgan fingerprint density at radius 1 is 1.47 bits per heavy atom. The van der Waals surface area contributed by atoms with E-state index >= 15 is 0 Å². The van der Waals surface area contributed by atoms with Crippen molar-refractivity contribution in [2.75, 3.05) is 0 Å². The van der Waals surface area contributed by atoms with Gasteiger partial charge in [-0.25, -0.2) is 4.79 Å². The summed E-state index contributed by atoms with van der Waals surface area (Å²) in [4.78, 5) is 10.5. The standard InChI is InChI=1S/C13H22O2/c1-10(8-9-13(3,4)5)6-7-11(2)12(14)15/h6-7,10H,2,8-9H2,1,3-5H3,(H,14,15). The van der Waals surface area contributed by atoms with E-state index in [0.29, 0.717) is 11.3 Å². The van der Waals surface area contributed by atoms with Crippen LogP contribution in [0.15, 0.2) is 24.3 Å². The molecule has 0 aromatic rings. The van der Waals surface area contributed by atoms with Gasteiger partial charge in [-0.1, -0.05) is 46.4 Å². The molecule has 0 rings (SSSR count). The maximum atomic E-state index is 10.5. The Kier molecular flexibility index (Phi) is 5.34. The van der Waals surface area contributed by atoms with E-state index in [4.69, 9.17) is 5.11 Å². The van der Waals surface area contributed by atoms with E-state index in [2.05, 4.69) is 34.3 Å². The molecule has 0 saturated carbocycles. The predicted octanol–water partition coefficient (Wildman–Crippen LogP) is 3.65. The van der Waals surface area contributed by atoms with Crippen LogP contribution in [0.5, 0.6) is 0 Å². The summed E-state index contributed by atoms with van der Waals surface area (Å²) in [6.45, 7) is 12.2. The fraction of sp³-hybridized carbons (Fsp3) is 0.615. The summed E-state index contributed by atoms with van der Waals surface area (Å²) in [5, 5.41) is 8.60. The van der Waals surface area contributed by atoms with Crippen LogP contribution in [-0.2, 0) is 4.79 Å². The molecule has 2 heteroatoms. The molecule has 0 aromatic carbocycles. The van der Waals surface area contributed by atoms with Crippen LogP contribution in [0.25, 0.3) is 0 Å².